The van der Waals surface area contributed by atoms with Crippen molar-refractivity contribution in [1.82, 2.24) is 24.5 Å². The van der Waals surface area contributed by atoms with Crippen LogP contribution in [-0.4, -0.2) is 36.4 Å². The van der Waals surface area contributed by atoms with Gasteiger partial charge in [-0.15, -0.1) is 11.3 Å². The summed E-state index contributed by atoms with van der Waals surface area (Å²) in [6, 6.07) is 7.59. The molecule has 0 fully saturated rings. The molecule has 0 saturated heterocycles. The molecule has 1 aromatic carbocycles. The third-order valence-corrected chi connectivity index (χ3v) is 7.70. The van der Waals surface area contributed by atoms with E-state index in [1.807, 2.05) is 19.9 Å². The van der Waals surface area contributed by atoms with E-state index < -0.39 is 23.7 Å². The normalized spacial score (nSPS) is 11.7. The number of nitrogens with zero attached hydrogens (tertiary/aromatic N) is 5. The zero-order chi connectivity index (χ0) is 30.3. The second kappa shape index (κ2) is 11.1. The van der Waals surface area contributed by atoms with Crippen molar-refractivity contribution in [2.45, 2.75) is 40.2 Å². The monoisotopic (exact) mass is 617 g/mol. The first kappa shape index (κ1) is 29.1. The lowest BCUT2D eigenvalue weighted by atomic mass is 10.0. The average Bonchev–Trinajstić information content (AvgIpc) is 3.65. The van der Waals surface area contributed by atoms with Crippen LogP contribution in [0.3, 0.4) is 0 Å². The van der Waals surface area contributed by atoms with Gasteiger partial charge in [-0.2, -0.15) is 23.4 Å². The summed E-state index contributed by atoms with van der Waals surface area (Å²) in [5.74, 6) is -1.23. The number of rotatable bonds is 8. The molecule has 0 unspecified atom stereocenters. The standard InChI is InChI=1S/C27H23ClF3N7O3S/c1-4-37-11-16(14(3)35-37)15-10-20(27(29,30)31)33-26-21(15)22(23(42-26)24(32)39)34-25(40)18-7-8-38(36-18)12-41-19-9-13(2)5-6-17(19)28/h5-11H,4,12H2,1-3H3,(H2,32,39)(H,34,40). The first-order chi connectivity index (χ1) is 19.8. The molecule has 218 valence electrons. The number of benzene rings is 1. The van der Waals surface area contributed by atoms with Crippen molar-refractivity contribution in [2.75, 3.05) is 5.32 Å². The average molecular weight is 618 g/mol. The Bertz CT molecular complexity index is 1840. The van der Waals surface area contributed by atoms with E-state index in [4.69, 9.17) is 22.1 Å². The lowest BCUT2D eigenvalue weighted by Crippen LogP contribution is -2.18. The van der Waals surface area contributed by atoms with Crippen LogP contribution in [-0.2, 0) is 19.5 Å². The van der Waals surface area contributed by atoms with Gasteiger partial charge in [0.2, 0.25) is 0 Å². The molecule has 10 nitrogen and oxygen atoms in total. The summed E-state index contributed by atoms with van der Waals surface area (Å²) in [5, 5.41) is 11.7. The summed E-state index contributed by atoms with van der Waals surface area (Å²) in [4.78, 5) is 29.2. The number of carbonyl (C=O) groups is 2. The molecule has 0 saturated carbocycles. The Morgan fingerprint density at radius 2 is 1.88 bits per heavy atom. The highest BCUT2D eigenvalue weighted by Gasteiger charge is 2.35. The van der Waals surface area contributed by atoms with Crippen molar-refractivity contribution in [3.63, 3.8) is 0 Å². The number of ether oxygens (including phenoxy) is 1. The van der Waals surface area contributed by atoms with Crippen LogP contribution in [0.4, 0.5) is 18.9 Å². The van der Waals surface area contributed by atoms with Gasteiger partial charge < -0.3 is 15.8 Å². The summed E-state index contributed by atoms with van der Waals surface area (Å²) in [6.07, 6.45) is -1.67. The predicted molar refractivity (Wildman–Crippen MR) is 152 cm³/mol. The van der Waals surface area contributed by atoms with Crippen molar-refractivity contribution >= 4 is 50.7 Å². The number of fused-ring (bicyclic) bond motifs is 1. The van der Waals surface area contributed by atoms with Crippen LogP contribution in [0.2, 0.25) is 5.02 Å². The minimum atomic E-state index is -4.77. The number of primary amides is 1. The number of thiophene rings is 1. The maximum atomic E-state index is 13.8. The number of amides is 2. The number of carbonyl (C=O) groups excluding carboxylic acids is 2. The van der Waals surface area contributed by atoms with E-state index in [0.29, 0.717) is 39.9 Å². The number of aromatic nitrogens is 5. The Morgan fingerprint density at radius 1 is 1.12 bits per heavy atom. The SMILES string of the molecule is CCn1cc(-c2cc(C(F)(F)F)nc3sc(C(N)=O)c(NC(=O)c4ccn(COc5cc(C)ccc5Cl)n4)c23)c(C)n1. The van der Waals surface area contributed by atoms with Crippen LogP contribution < -0.4 is 15.8 Å². The Morgan fingerprint density at radius 3 is 2.55 bits per heavy atom. The van der Waals surface area contributed by atoms with Crippen LogP contribution in [0.25, 0.3) is 21.3 Å². The third kappa shape index (κ3) is 5.67. The molecule has 5 aromatic rings. The number of nitrogens with one attached hydrogen (secondary N) is 1. The van der Waals surface area contributed by atoms with Crippen molar-refractivity contribution in [2.24, 2.45) is 5.73 Å². The number of halogens is 4. The van der Waals surface area contributed by atoms with E-state index in [-0.39, 0.29) is 38.8 Å². The van der Waals surface area contributed by atoms with Gasteiger partial charge in [0.05, 0.1) is 16.4 Å². The molecule has 0 radical (unpaired) electrons. The molecule has 0 atom stereocenters. The molecule has 15 heteroatoms. The van der Waals surface area contributed by atoms with Crippen molar-refractivity contribution in [1.29, 1.82) is 0 Å². The van der Waals surface area contributed by atoms with Gasteiger partial charge in [0, 0.05) is 29.9 Å². The lowest BCUT2D eigenvalue weighted by molar-refractivity contribution is -0.140. The zero-order valence-corrected chi connectivity index (χ0v) is 24.0. The van der Waals surface area contributed by atoms with Crippen LogP contribution in [0.1, 0.15) is 44.0 Å². The van der Waals surface area contributed by atoms with Gasteiger partial charge in [0.25, 0.3) is 11.8 Å². The Balaban J connectivity index is 1.53. The second-order valence-electron chi connectivity index (χ2n) is 9.29. The number of nitrogens with two attached hydrogens (primary N) is 1. The van der Waals surface area contributed by atoms with Crippen LogP contribution in [0, 0.1) is 13.8 Å². The highest BCUT2D eigenvalue weighted by Crippen LogP contribution is 2.44. The number of hydrogen-bond donors (Lipinski definition) is 2. The third-order valence-electron chi connectivity index (χ3n) is 6.29. The zero-order valence-electron chi connectivity index (χ0n) is 22.4. The topological polar surface area (TPSA) is 130 Å². The number of aryl methyl sites for hydroxylation is 3. The second-order valence-corrected chi connectivity index (χ2v) is 10.7. The Labute approximate surface area is 245 Å². The van der Waals surface area contributed by atoms with E-state index in [1.54, 1.807) is 29.9 Å². The van der Waals surface area contributed by atoms with Crippen LogP contribution in [0.15, 0.2) is 42.7 Å². The smallest absolute Gasteiger partial charge is 0.433 e. The lowest BCUT2D eigenvalue weighted by Gasteiger charge is -2.11. The molecule has 5 rings (SSSR count). The molecule has 0 aliphatic rings. The minimum absolute atomic E-state index is 0.0416. The van der Waals surface area contributed by atoms with Crippen molar-refractivity contribution in [3.05, 3.63) is 75.3 Å². The van der Waals surface area contributed by atoms with Gasteiger partial charge in [-0.05, 0) is 56.2 Å². The van der Waals surface area contributed by atoms with Gasteiger partial charge in [-0.1, -0.05) is 17.7 Å². The predicted octanol–water partition coefficient (Wildman–Crippen LogP) is 6.05. The largest absolute Gasteiger partial charge is 0.470 e. The number of alkyl halides is 3. The molecule has 0 aliphatic heterocycles. The first-order valence-corrected chi connectivity index (χ1v) is 13.7. The van der Waals surface area contributed by atoms with E-state index in [1.165, 1.54) is 16.9 Å². The van der Waals surface area contributed by atoms with Crippen LogP contribution >= 0.6 is 22.9 Å². The van der Waals surface area contributed by atoms with E-state index in [2.05, 4.69) is 20.5 Å². The summed E-state index contributed by atoms with van der Waals surface area (Å²) < 4.78 is 50.1. The van der Waals surface area contributed by atoms with E-state index >= 15 is 0 Å². The highest BCUT2D eigenvalue weighted by atomic mass is 35.5. The van der Waals surface area contributed by atoms with Gasteiger partial charge in [0.15, 0.2) is 12.4 Å². The molecule has 42 heavy (non-hydrogen) atoms. The Hall–Kier alpha value is -4.43. The molecule has 2 amide bonds. The summed E-state index contributed by atoms with van der Waals surface area (Å²) in [5.41, 5.74) is 6.20. The van der Waals surface area contributed by atoms with Gasteiger partial charge in [-0.3, -0.25) is 14.3 Å². The molecule has 4 aromatic heterocycles. The van der Waals surface area contributed by atoms with Crippen molar-refractivity contribution < 1.29 is 27.5 Å². The molecule has 0 aliphatic carbocycles. The number of pyridine rings is 1. The molecule has 0 bridgehead atoms. The van der Waals surface area contributed by atoms with Crippen LogP contribution in [0.5, 0.6) is 5.75 Å². The Kier molecular flexibility index (Phi) is 7.68. The van der Waals surface area contributed by atoms with E-state index in [9.17, 15) is 22.8 Å². The molecule has 4 heterocycles. The molecular weight excluding hydrogens is 595 g/mol. The van der Waals surface area contributed by atoms with Crippen molar-refractivity contribution in [3.8, 4) is 16.9 Å². The fourth-order valence-corrected chi connectivity index (χ4v) is 5.46. The fraction of sp³-hybridized carbons (Fsp3) is 0.222. The van der Waals surface area contributed by atoms with Gasteiger partial charge >= 0.3 is 6.18 Å². The van der Waals surface area contributed by atoms with E-state index in [0.717, 1.165) is 11.6 Å². The highest BCUT2D eigenvalue weighted by molar-refractivity contribution is 7.21. The quantitative estimate of drug-likeness (QED) is 0.218. The first-order valence-electron chi connectivity index (χ1n) is 12.5. The molecular formula is C27H23ClF3N7O3S. The molecule has 0 spiro atoms. The summed E-state index contributed by atoms with van der Waals surface area (Å²) in [6.45, 7) is 5.79. The fourth-order valence-electron chi connectivity index (χ4n) is 4.28. The van der Waals surface area contributed by atoms with Gasteiger partial charge in [-0.25, -0.2) is 9.67 Å². The molecule has 3 N–H and O–H groups in total. The summed E-state index contributed by atoms with van der Waals surface area (Å²) >= 11 is 6.82. The summed E-state index contributed by atoms with van der Waals surface area (Å²) in [7, 11) is 0. The maximum Gasteiger partial charge on any atom is 0.433 e. The maximum absolute atomic E-state index is 13.8. The number of hydrogen-bond acceptors (Lipinski definition) is 7. The minimum Gasteiger partial charge on any atom is -0.470 e. The number of anilines is 1. The van der Waals surface area contributed by atoms with Gasteiger partial charge in [0.1, 0.15) is 21.2 Å².